The molecule has 4 nitrogen and oxygen atoms in total. The maximum absolute atomic E-state index is 11.6. The molecule has 0 fully saturated rings. The van der Waals surface area contributed by atoms with E-state index < -0.39 is 9.84 Å². The summed E-state index contributed by atoms with van der Waals surface area (Å²) < 4.78 is 23.1. The van der Waals surface area contributed by atoms with Gasteiger partial charge < -0.3 is 11.1 Å². The summed E-state index contributed by atoms with van der Waals surface area (Å²) >= 11 is 0. The zero-order valence-electron chi connectivity index (χ0n) is 11.4. The van der Waals surface area contributed by atoms with Gasteiger partial charge in [0.15, 0.2) is 9.84 Å². The summed E-state index contributed by atoms with van der Waals surface area (Å²) in [4.78, 5) is 0.184. The molecular weight excluding hydrogens is 248 g/mol. The fraction of sp³-hybridized carbons (Fsp3) is 0.538. The van der Waals surface area contributed by atoms with Crippen molar-refractivity contribution in [3.05, 3.63) is 18.2 Å². The van der Waals surface area contributed by atoms with Crippen molar-refractivity contribution in [1.29, 1.82) is 0 Å². The van der Waals surface area contributed by atoms with Gasteiger partial charge in [-0.1, -0.05) is 19.9 Å². The molecule has 0 aliphatic rings. The van der Waals surface area contributed by atoms with E-state index in [1.54, 1.807) is 12.1 Å². The Kier molecular flexibility index (Phi) is 4.62. The van der Waals surface area contributed by atoms with Crippen LogP contribution in [0.3, 0.4) is 0 Å². The highest BCUT2D eigenvalue weighted by molar-refractivity contribution is 7.90. The van der Waals surface area contributed by atoms with Crippen molar-refractivity contribution >= 4 is 21.2 Å². The van der Waals surface area contributed by atoms with E-state index in [2.05, 4.69) is 26.1 Å². The molecule has 102 valence electrons. The minimum Gasteiger partial charge on any atom is -0.396 e. The first-order valence-electron chi connectivity index (χ1n) is 6.07. The maximum atomic E-state index is 11.6. The highest BCUT2D eigenvalue weighted by atomic mass is 32.2. The number of hydrogen-bond donors (Lipinski definition) is 2. The summed E-state index contributed by atoms with van der Waals surface area (Å²) in [6, 6.07) is 5.29. The molecule has 0 aromatic heterocycles. The molecule has 0 aliphatic carbocycles. The van der Waals surface area contributed by atoms with Crippen molar-refractivity contribution in [1.82, 2.24) is 0 Å². The monoisotopic (exact) mass is 270 g/mol. The van der Waals surface area contributed by atoms with Crippen LogP contribution in [0.25, 0.3) is 0 Å². The van der Waals surface area contributed by atoms with Gasteiger partial charge in [0.1, 0.15) is 0 Å². The Morgan fingerprint density at radius 3 is 2.39 bits per heavy atom. The van der Waals surface area contributed by atoms with E-state index in [4.69, 9.17) is 5.73 Å². The molecular formula is C13H22N2O2S. The second-order valence-electron chi connectivity index (χ2n) is 5.16. The first-order chi connectivity index (χ1) is 8.21. The average molecular weight is 270 g/mol. The number of rotatable bonds is 5. The van der Waals surface area contributed by atoms with Crippen molar-refractivity contribution in [3.63, 3.8) is 0 Å². The van der Waals surface area contributed by atoms with Gasteiger partial charge in [-0.3, -0.25) is 0 Å². The van der Waals surface area contributed by atoms with Crippen LogP contribution < -0.4 is 11.1 Å². The molecule has 0 heterocycles. The number of para-hydroxylation sites is 1. The van der Waals surface area contributed by atoms with Crippen LogP contribution in [-0.2, 0) is 9.84 Å². The first-order valence-corrected chi connectivity index (χ1v) is 7.96. The smallest absolute Gasteiger partial charge is 0.177 e. The molecule has 0 saturated carbocycles. The lowest BCUT2D eigenvalue weighted by Gasteiger charge is -2.19. The van der Waals surface area contributed by atoms with Gasteiger partial charge in [0.05, 0.1) is 16.3 Å². The molecule has 1 unspecified atom stereocenters. The molecule has 18 heavy (non-hydrogen) atoms. The average Bonchev–Trinajstić information content (AvgIpc) is 2.18. The number of benzene rings is 1. The predicted molar refractivity (Wildman–Crippen MR) is 76.5 cm³/mol. The summed E-state index contributed by atoms with van der Waals surface area (Å²) in [6.45, 7) is 6.36. The standard InChI is InChI=1S/C13H22N2O2S/c1-9(2)8-10(3)15-11-6-5-7-12(13(11)14)18(4,16)17/h5-7,9-10,15H,8,14H2,1-4H3. The Bertz CT molecular complexity index is 510. The van der Waals surface area contributed by atoms with E-state index in [1.807, 2.05) is 0 Å². The van der Waals surface area contributed by atoms with Crippen molar-refractivity contribution < 1.29 is 8.42 Å². The third kappa shape index (κ3) is 3.91. The van der Waals surface area contributed by atoms with E-state index in [1.165, 1.54) is 12.3 Å². The number of sulfone groups is 1. The van der Waals surface area contributed by atoms with E-state index in [0.29, 0.717) is 17.3 Å². The molecule has 1 aromatic carbocycles. The zero-order chi connectivity index (χ0) is 13.9. The van der Waals surface area contributed by atoms with E-state index in [-0.39, 0.29) is 10.9 Å². The molecule has 0 bridgehead atoms. The summed E-state index contributed by atoms with van der Waals surface area (Å²) in [7, 11) is -3.28. The van der Waals surface area contributed by atoms with Gasteiger partial charge in [-0.15, -0.1) is 0 Å². The second-order valence-corrected chi connectivity index (χ2v) is 7.15. The maximum Gasteiger partial charge on any atom is 0.177 e. The minimum absolute atomic E-state index is 0.184. The second kappa shape index (κ2) is 5.61. The van der Waals surface area contributed by atoms with Crippen LogP contribution in [0.1, 0.15) is 27.2 Å². The van der Waals surface area contributed by atoms with Crippen LogP contribution >= 0.6 is 0 Å². The van der Waals surface area contributed by atoms with Crippen LogP contribution in [0.2, 0.25) is 0 Å². The van der Waals surface area contributed by atoms with Crippen LogP contribution in [0.15, 0.2) is 23.1 Å². The van der Waals surface area contributed by atoms with Gasteiger partial charge in [-0.05, 0) is 31.4 Å². The molecule has 5 heteroatoms. The van der Waals surface area contributed by atoms with Crippen molar-refractivity contribution in [2.75, 3.05) is 17.3 Å². The van der Waals surface area contributed by atoms with E-state index >= 15 is 0 Å². The van der Waals surface area contributed by atoms with E-state index in [0.717, 1.165) is 6.42 Å². The summed E-state index contributed by atoms with van der Waals surface area (Å²) in [6.07, 6.45) is 2.17. The van der Waals surface area contributed by atoms with Crippen molar-refractivity contribution in [3.8, 4) is 0 Å². The molecule has 1 aromatic rings. The Morgan fingerprint density at radius 2 is 1.89 bits per heavy atom. The number of nitrogens with one attached hydrogen (secondary N) is 1. The topological polar surface area (TPSA) is 72.2 Å². The summed E-state index contributed by atoms with van der Waals surface area (Å²) in [5.41, 5.74) is 6.89. The van der Waals surface area contributed by atoms with Gasteiger partial charge in [0.2, 0.25) is 0 Å². The lowest BCUT2D eigenvalue weighted by molar-refractivity contribution is 0.540. The Balaban J connectivity index is 2.98. The molecule has 0 amide bonds. The minimum atomic E-state index is -3.28. The Morgan fingerprint density at radius 1 is 1.28 bits per heavy atom. The van der Waals surface area contributed by atoms with Crippen LogP contribution in [0.4, 0.5) is 11.4 Å². The number of nitrogen functional groups attached to an aromatic ring is 1. The van der Waals surface area contributed by atoms with Gasteiger partial charge in [-0.2, -0.15) is 0 Å². The van der Waals surface area contributed by atoms with Crippen LogP contribution in [-0.4, -0.2) is 20.7 Å². The molecule has 3 N–H and O–H groups in total. The van der Waals surface area contributed by atoms with Crippen LogP contribution in [0.5, 0.6) is 0 Å². The Hall–Kier alpha value is -1.23. The van der Waals surface area contributed by atoms with Gasteiger partial charge in [0, 0.05) is 12.3 Å². The first kappa shape index (κ1) is 14.8. The third-order valence-electron chi connectivity index (χ3n) is 2.69. The normalized spacial score (nSPS) is 13.6. The molecule has 1 atom stereocenters. The van der Waals surface area contributed by atoms with Crippen LogP contribution in [0, 0.1) is 5.92 Å². The quantitative estimate of drug-likeness (QED) is 0.806. The highest BCUT2D eigenvalue weighted by Gasteiger charge is 2.15. The molecule has 0 spiro atoms. The SMILES string of the molecule is CC(C)CC(C)Nc1cccc(S(C)(=O)=O)c1N. The lowest BCUT2D eigenvalue weighted by atomic mass is 10.0. The highest BCUT2D eigenvalue weighted by Crippen LogP contribution is 2.27. The fourth-order valence-electron chi connectivity index (χ4n) is 2.02. The van der Waals surface area contributed by atoms with Gasteiger partial charge in [-0.25, -0.2) is 8.42 Å². The van der Waals surface area contributed by atoms with Gasteiger partial charge in [0.25, 0.3) is 0 Å². The predicted octanol–water partition coefficient (Wildman–Crippen LogP) is 2.52. The zero-order valence-corrected chi connectivity index (χ0v) is 12.2. The number of anilines is 2. The largest absolute Gasteiger partial charge is 0.396 e. The van der Waals surface area contributed by atoms with Gasteiger partial charge >= 0.3 is 0 Å². The fourth-order valence-corrected chi connectivity index (χ4v) is 2.86. The number of nitrogens with two attached hydrogens (primary N) is 1. The Labute approximate surface area is 110 Å². The molecule has 0 radical (unpaired) electrons. The molecule has 0 saturated heterocycles. The summed E-state index contributed by atoms with van der Waals surface area (Å²) in [5, 5.41) is 3.26. The lowest BCUT2D eigenvalue weighted by Crippen LogP contribution is -2.19. The molecule has 1 rings (SSSR count). The number of hydrogen-bond acceptors (Lipinski definition) is 4. The van der Waals surface area contributed by atoms with E-state index in [9.17, 15) is 8.42 Å². The van der Waals surface area contributed by atoms with Crippen molar-refractivity contribution in [2.24, 2.45) is 5.92 Å². The van der Waals surface area contributed by atoms with Crippen molar-refractivity contribution in [2.45, 2.75) is 38.1 Å². The molecule has 0 aliphatic heterocycles. The summed E-state index contributed by atoms with van der Waals surface area (Å²) in [5.74, 6) is 0.576. The third-order valence-corrected chi connectivity index (χ3v) is 3.85.